The lowest BCUT2D eigenvalue weighted by atomic mass is 10.0. The Hall–Kier alpha value is -0.540. The molecule has 94 valence electrons. The molecule has 0 radical (unpaired) electrons. The average Bonchev–Trinajstić information content (AvgIpc) is 2.38. The molecule has 1 fully saturated rings. The lowest BCUT2D eigenvalue weighted by Crippen LogP contribution is -2.36. The van der Waals surface area contributed by atoms with Crippen molar-refractivity contribution in [1.82, 2.24) is 5.32 Å². The highest BCUT2D eigenvalue weighted by atomic mass is 32.2. The van der Waals surface area contributed by atoms with Crippen LogP contribution in [0.5, 0.6) is 0 Å². The molecule has 1 aliphatic heterocycles. The van der Waals surface area contributed by atoms with Gasteiger partial charge in [-0.3, -0.25) is 0 Å². The number of rotatable bonds is 4. The van der Waals surface area contributed by atoms with E-state index in [1.165, 1.54) is 18.6 Å². The Balaban J connectivity index is 2.03. The predicted octanol–water partition coefficient (Wildman–Crippen LogP) is 3.76. The van der Waals surface area contributed by atoms with Crippen LogP contribution in [0.4, 0.5) is 4.39 Å². The summed E-state index contributed by atoms with van der Waals surface area (Å²) in [5, 5.41) is 3.60. The van der Waals surface area contributed by atoms with E-state index in [0.717, 1.165) is 17.7 Å². The van der Waals surface area contributed by atoms with Gasteiger partial charge in [-0.15, -0.1) is 0 Å². The minimum absolute atomic E-state index is 0.0877. The zero-order valence-electron chi connectivity index (χ0n) is 10.3. The maximum absolute atomic E-state index is 13.7. The van der Waals surface area contributed by atoms with Gasteiger partial charge in [0.2, 0.25) is 0 Å². The van der Waals surface area contributed by atoms with Gasteiger partial charge in [-0.1, -0.05) is 25.1 Å². The lowest BCUT2D eigenvalue weighted by molar-refractivity contribution is 0.413. The van der Waals surface area contributed by atoms with Crippen LogP contribution in [0, 0.1) is 5.82 Å². The highest BCUT2D eigenvalue weighted by Gasteiger charge is 2.19. The first kappa shape index (κ1) is 12.9. The second-order valence-electron chi connectivity index (χ2n) is 4.56. The van der Waals surface area contributed by atoms with Crippen LogP contribution in [-0.4, -0.2) is 17.5 Å². The fourth-order valence-corrected chi connectivity index (χ4v) is 3.43. The monoisotopic (exact) mass is 253 g/mol. The summed E-state index contributed by atoms with van der Waals surface area (Å²) in [4.78, 5) is 0. The number of benzene rings is 1. The maximum atomic E-state index is 13.7. The van der Waals surface area contributed by atoms with E-state index in [9.17, 15) is 4.39 Å². The summed E-state index contributed by atoms with van der Waals surface area (Å²) in [5.74, 6) is 2.34. The van der Waals surface area contributed by atoms with Crippen LogP contribution in [0.3, 0.4) is 0 Å². The number of hydrogen-bond donors (Lipinski definition) is 1. The third-order valence-electron chi connectivity index (χ3n) is 3.29. The molecule has 1 heterocycles. The normalized spacial score (nSPS) is 22.4. The van der Waals surface area contributed by atoms with Crippen molar-refractivity contribution < 1.29 is 4.39 Å². The smallest absolute Gasteiger partial charge is 0.127 e. The van der Waals surface area contributed by atoms with E-state index in [-0.39, 0.29) is 11.9 Å². The molecule has 0 aliphatic carbocycles. The van der Waals surface area contributed by atoms with E-state index < -0.39 is 0 Å². The van der Waals surface area contributed by atoms with Gasteiger partial charge in [0.1, 0.15) is 5.82 Å². The van der Waals surface area contributed by atoms with Gasteiger partial charge in [-0.2, -0.15) is 11.8 Å². The van der Waals surface area contributed by atoms with Gasteiger partial charge in [0.25, 0.3) is 0 Å². The van der Waals surface area contributed by atoms with Crippen LogP contribution in [0.25, 0.3) is 0 Å². The van der Waals surface area contributed by atoms with Crippen molar-refractivity contribution in [3.8, 4) is 0 Å². The third-order valence-corrected chi connectivity index (χ3v) is 4.50. The highest BCUT2D eigenvalue weighted by molar-refractivity contribution is 7.99. The van der Waals surface area contributed by atoms with Crippen LogP contribution >= 0.6 is 11.8 Å². The molecule has 0 spiro atoms. The predicted molar refractivity (Wildman–Crippen MR) is 72.9 cm³/mol. The molecular weight excluding hydrogens is 233 g/mol. The number of thioether (sulfide) groups is 1. The summed E-state index contributed by atoms with van der Waals surface area (Å²) in [6.07, 6.45) is 3.43. The van der Waals surface area contributed by atoms with Crippen molar-refractivity contribution in [2.24, 2.45) is 0 Å². The van der Waals surface area contributed by atoms with Gasteiger partial charge in [-0.05, 0) is 31.1 Å². The number of nitrogens with one attached hydrogen (secondary N) is 1. The van der Waals surface area contributed by atoms with E-state index >= 15 is 0 Å². The first-order valence-corrected chi connectivity index (χ1v) is 7.55. The summed E-state index contributed by atoms with van der Waals surface area (Å²) >= 11 is 2.00. The standard InChI is InChI=1S/C14H20FNS/c1-2-14(12-7-3-4-8-13(12)15)16-11-6-5-9-17-10-11/h3-4,7-8,11,14,16H,2,5-6,9-10H2,1H3. The van der Waals surface area contributed by atoms with Crippen LogP contribution < -0.4 is 5.32 Å². The molecule has 1 saturated heterocycles. The highest BCUT2D eigenvalue weighted by Crippen LogP contribution is 2.24. The van der Waals surface area contributed by atoms with E-state index in [2.05, 4.69) is 12.2 Å². The SMILES string of the molecule is CCC(NC1CCCSC1)c1ccccc1F. The Morgan fingerprint density at radius 3 is 2.94 bits per heavy atom. The van der Waals surface area contributed by atoms with Crippen LogP contribution in [0.1, 0.15) is 37.8 Å². The van der Waals surface area contributed by atoms with Gasteiger partial charge in [-0.25, -0.2) is 4.39 Å². The molecule has 1 nitrogen and oxygen atoms in total. The largest absolute Gasteiger partial charge is 0.306 e. The van der Waals surface area contributed by atoms with E-state index in [0.29, 0.717) is 6.04 Å². The van der Waals surface area contributed by atoms with Crippen LogP contribution in [-0.2, 0) is 0 Å². The Morgan fingerprint density at radius 2 is 2.29 bits per heavy atom. The Kier molecular flexibility index (Phi) is 4.86. The molecule has 0 aromatic heterocycles. The fraction of sp³-hybridized carbons (Fsp3) is 0.571. The molecule has 1 aromatic rings. The van der Waals surface area contributed by atoms with Crippen LogP contribution in [0.2, 0.25) is 0 Å². The molecule has 0 bridgehead atoms. The van der Waals surface area contributed by atoms with Gasteiger partial charge in [0.15, 0.2) is 0 Å². The molecule has 0 amide bonds. The van der Waals surface area contributed by atoms with Crippen molar-refractivity contribution >= 4 is 11.8 Å². The lowest BCUT2D eigenvalue weighted by Gasteiger charge is -2.28. The maximum Gasteiger partial charge on any atom is 0.127 e. The summed E-state index contributed by atoms with van der Waals surface area (Å²) in [6.45, 7) is 2.11. The molecule has 2 rings (SSSR count). The first-order valence-electron chi connectivity index (χ1n) is 6.39. The van der Waals surface area contributed by atoms with Gasteiger partial charge in [0, 0.05) is 23.4 Å². The number of halogens is 1. The molecule has 3 heteroatoms. The van der Waals surface area contributed by atoms with Crippen molar-refractivity contribution in [2.45, 2.75) is 38.3 Å². The minimum atomic E-state index is -0.0877. The van der Waals surface area contributed by atoms with E-state index in [1.807, 2.05) is 23.9 Å². The second-order valence-corrected chi connectivity index (χ2v) is 5.71. The van der Waals surface area contributed by atoms with Crippen molar-refractivity contribution in [3.63, 3.8) is 0 Å². The summed E-state index contributed by atoms with van der Waals surface area (Å²) < 4.78 is 13.7. The zero-order valence-corrected chi connectivity index (χ0v) is 11.1. The molecule has 1 aromatic carbocycles. The first-order chi connectivity index (χ1) is 8.31. The van der Waals surface area contributed by atoms with Crippen molar-refractivity contribution in [2.75, 3.05) is 11.5 Å². The number of hydrogen-bond acceptors (Lipinski definition) is 2. The van der Waals surface area contributed by atoms with Crippen molar-refractivity contribution in [1.29, 1.82) is 0 Å². The summed E-state index contributed by atoms with van der Waals surface area (Å²) in [5.41, 5.74) is 0.811. The quantitative estimate of drug-likeness (QED) is 0.877. The molecular formula is C14H20FNS. The summed E-state index contributed by atoms with van der Waals surface area (Å²) in [6, 6.07) is 7.81. The molecule has 0 saturated carbocycles. The zero-order chi connectivity index (χ0) is 12.1. The fourth-order valence-electron chi connectivity index (χ4n) is 2.34. The molecule has 17 heavy (non-hydrogen) atoms. The molecule has 1 aliphatic rings. The minimum Gasteiger partial charge on any atom is -0.306 e. The summed E-state index contributed by atoms with van der Waals surface area (Å²) in [7, 11) is 0. The van der Waals surface area contributed by atoms with Crippen LogP contribution in [0.15, 0.2) is 24.3 Å². The Labute approximate surface area is 107 Å². The topological polar surface area (TPSA) is 12.0 Å². The molecule has 2 unspecified atom stereocenters. The van der Waals surface area contributed by atoms with Gasteiger partial charge in [0.05, 0.1) is 0 Å². The average molecular weight is 253 g/mol. The second kappa shape index (κ2) is 6.41. The van der Waals surface area contributed by atoms with E-state index in [1.54, 1.807) is 12.1 Å². The molecule has 2 atom stereocenters. The Morgan fingerprint density at radius 1 is 1.47 bits per heavy atom. The Bertz CT molecular complexity index is 350. The molecule has 1 N–H and O–H groups in total. The van der Waals surface area contributed by atoms with E-state index in [4.69, 9.17) is 0 Å². The van der Waals surface area contributed by atoms with Crippen molar-refractivity contribution in [3.05, 3.63) is 35.6 Å². The third kappa shape index (κ3) is 3.46. The van der Waals surface area contributed by atoms with Gasteiger partial charge < -0.3 is 5.32 Å². The van der Waals surface area contributed by atoms with Gasteiger partial charge >= 0.3 is 0 Å².